The van der Waals surface area contributed by atoms with E-state index >= 15 is 0 Å². The van der Waals surface area contributed by atoms with Gasteiger partial charge in [0.1, 0.15) is 5.54 Å². The van der Waals surface area contributed by atoms with Crippen LogP contribution in [0, 0.1) is 0 Å². The predicted octanol–water partition coefficient (Wildman–Crippen LogP) is -1.01. The van der Waals surface area contributed by atoms with E-state index in [0.29, 0.717) is 19.4 Å². The summed E-state index contributed by atoms with van der Waals surface area (Å²) in [4.78, 5) is 11.7. The van der Waals surface area contributed by atoms with Crippen molar-refractivity contribution >= 4 is 5.91 Å². The molecule has 1 rings (SSSR count). The quantitative estimate of drug-likeness (QED) is 0.545. The zero-order chi connectivity index (χ0) is 10.6. The maximum atomic E-state index is 11.7. The van der Waals surface area contributed by atoms with Crippen LogP contribution in [0.4, 0.5) is 0 Å². The van der Waals surface area contributed by atoms with E-state index in [1.807, 2.05) is 6.92 Å². The van der Waals surface area contributed by atoms with Gasteiger partial charge in [-0.1, -0.05) is 6.92 Å². The lowest BCUT2D eigenvalue weighted by Crippen LogP contribution is -2.57. The number of aliphatic hydroxyl groups excluding tert-OH is 1. The molecule has 0 aromatic rings. The maximum absolute atomic E-state index is 11.7. The highest BCUT2D eigenvalue weighted by molar-refractivity contribution is 5.86. The second kappa shape index (κ2) is 4.72. The number of aliphatic hydroxyl groups is 1. The summed E-state index contributed by atoms with van der Waals surface area (Å²) in [6.45, 7) is 2.63. The van der Waals surface area contributed by atoms with Crippen molar-refractivity contribution in [1.82, 2.24) is 5.32 Å². The van der Waals surface area contributed by atoms with Gasteiger partial charge >= 0.3 is 0 Å². The number of carbonyl (C=O) groups is 1. The first-order valence-electron chi connectivity index (χ1n) is 4.91. The van der Waals surface area contributed by atoms with E-state index in [2.05, 4.69) is 5.32 Å². The fourth-order valence-electron chi connectivity index (χ4n) is 1.37. The van der Waals surface area contributed by atoms with Gasteiger partial charge in [0.05, 0.1) is 19.3 Å². The molecule has 4 N–H and O–H groups in total. The smallest absolute Gasteiger partial charge is 0.242 e. The lowest BCUT2D eigenvalue weighted by molar-refractivity contribution is -0.127. The number of hydrogen-bond acceptors (Lipinski definition) is 4. The van der Waals surface area contributed by atoms with E-state index in [0.717, 1.165) is 0 Å². The topological polar surface area (TPSA) is 84.6 Å². The zero-order valence-corrected chi connectivity index (χ0v) is 8.45. The molecule has 1 heterocycles. The van der Waals surface area contributed by atoms with Crippen LogP contribution < -0.4 is 11.1 Å². The first kappa shape index (κ1) is 11.4. The number of hydrogen-bond donors (Lipinski definition) is 3. The summed E-state index contributed by atoms with van der Waals surface area (Å²) in [6.07, 6.45) is 1.24. The van der Waals surface area contributed by atoms with E-state index in [1.165, 1.54) is 0 Å². The first-order chi connectivity index (χ1) is 6.62. The molecule has 1 unspecified atom stereocenters. The Morgan fingerprint density at radius 3 is 2.93 bits per heavy atom. The largest absolute Gasteiger partial charge is 0.394 e. The first-order valence-corrected chi connectivity index (χ1v) is 4.91. The van der Waals surface area contributed by atoms with Crippen LogP contribution in [0.25, 0.3) is 0 Å². The van der Waals surface area contributed by atoms with Gasteiger partial charge < -0.3 is 20.9 Å². The van der Waals surface area contributed by atoms with Crippen molar-refractivity contribution in [2.45, 2.75) is 31.3 Å². The van der Waals surface area contributed by atoms with Gasteiger partial charge in [0.2, 0.25) is 5.91 Å². The van der Waals surface area contributed by atoms with Crippen LogP contribution in [-0.4, -0.2) is 42.4 Å². The van der Waals surface area contributed by atoms with Gasteiger partial charge in [0, 0.05) is 6.61 Å². The van der Waals surface area contributed by atoms with Crippen LogP contribution in [0.2, 0.25) is 0 Å². The summed E-state index contributed by atoms with van der Waals surface area (Å²) in [7, 11) is 0. The van der Waals surface area contributed by atoms with Crippen molar-refractivity contribution in [2.24, 2.45) is 5.73 Å². The third-order valence-electron chi connectivity index (χ3n) is 2.55. The molecular weight excluding hydrogens is 184 g/mol. The molecule has 1 aliphatic heterocycles. The summed E-state index contributed by atoms with van der Waals surface area (Å²) < 4.78 is 5.08. The molecule has 0 aromatic carbocycles. The number of carbonyl (C=O) groups excluding carboxylic acids is 1. The van der Waals surface area contributed by atoms with Gasteiger partial charge in [0.15, 0.2) is 0 Å². The van der Waals surface area contributed by atoms with E-state index in [-0.39, 0.29) is 25.2 Å². The van der Waals surface area contributed by atoms with E-state index in [4.69, 9.17) is 15.6 Å². The van der Waals surface area contributed by atoms with Crippen LogP contribution in [0.15, 0.2) is 0 Å². The fourth-order valence-corrected chi connectivity index (χ4v) is 1.37. The molecule has 1 saturated heterocycles. The van der Waals surface area contributed by atoms with E-state index in [9.17, 15) is 4.79 Å². The summed E-state index contributed by atoms with van der Waals surface area (Å²) in [5, 5.41) is 11.6. The lowest BCUT2D eigenvalue weighted by atomic mass is 9.98. The van der Waals surface area contributed by atoms with Crippen molar-refractivity contribution in [3.8, 4) is 0 Å². The Morgan fingerprint density at radius 1 is 1.79 bits per heavy atom. The third-order valence-corrected chi connectivity index (χ3v) is 2.55. The second-order valence-corrected chi connectivity index (χ2v) is 3.72. The molecule has 82 valence electrons. The van der Waals surface area contributed by atoms with Gasteiger partial charge in [0.25, 0.3) is 0 Å². The molecule has 0 aliphatic carbocycles. The van der Waals surface area contributed by atoms with Crippen molar-refractivity contribution in [1.29, 1.82) is 0 Å². The third kappa shape index (κ3) is 2.43. The molecule has 1 amide bonds. The Morgan fingerprint density at radius 2 is 2.50 bits per heavy atom. The van der Waals surface area contributed by atoms with E-state index in [1.54, 1.807) is 0 Å². The number of nitrogens with one attached hydrogen (secondary N) is 1. The highest BCUT2D eigenvalue weighted by atomic mass is 16.5. The van der Waals surface area contributed by atoms with Crippen LogP contribution in [0.3, 0.4) is 0 Å². The highest BCUT2D eigenvalue weighted by Crippen LogP contribution is 2.15. The summed E-state index contributed by atoms with van der Waals surface area (Å²) in [6, 6.07) is -0.205. The van der Waals surface area contributed by atoms with Gasteiger partial charge in [-0.25, -0.2) is 0 Å². The second-order valence-electron chi connectivity index (χ2n) is 3.72. The van der Waals surface area contributed by atoms with Gasteiger partial charge in [-0.3, -0.25) is 4.79 Å². The number of ether oxygens (including phenoxy) is 1. The average Bonchev–Trinajstić information content (AvgIpc) is 2.62. The summed E-state index contributed by atoms with van der Waals surface area (Å²) in [5.74, 6) is -0.226. The Balaban J connectivity index is 2.48. The molecule has 0 saturated carbocycles. The monoisotopic (exact) mass is 202 g/mol. The van der Waals surface area contributed by atoms with Crippen LogP contribution in [-0.2, 0) is 9.53 Å². The van der Waals surface area contributed by atoms with Crippen LogP contribution >= 0.6 is 0 Å². The molecule has 0 spiro atoms. The minimum absolute atomic E-state index is 0.0564. The maximum Gasteiger partial charge on any atom is 0.242 e. The Hall–Kier alpha value is -0.650. The molecule has 2 atom stereocenters. The van der Waals surface area contributed by atoms with Gasteiger partial charge in [-0.2, -0.15) is 0 Å². The molecule has 1 aliphatic rings. The van der Waals surface area contributed by atoms with E-state index < -0.39 is 5.54 Å². The zero-order valence-electron chi connectivity index (χ0n) is 8.45. The molecular formula is C9H18N2O3. The number of amides is 1. The van der Waals surface area contributed by atoms with Crippen molar-refractivity contribution in [2.75, 3.05) is 19.8 Å². The van der Waals surface area contributed by atoms with Crippen LogP contribution in [0.1, 0.15) is 19.8 Å². The SMILES string of the molecule is CC[C@@H](CO)NC(=O)C1(N)CCOC1. The number of nitrogens with two attached hydrogens (primary N) is 1. The van der Waals surface area contributed by atoms with Crippen molar-refractivity contribution in [3.05, 3.63) is 0 Å². The lowest BCUT2D eigenvalue weighted by Gasteiger charge is -2.24. The molecule has 1 fully saturated rings. The summed E-state index contributed by atoms with van der Waals surface area (Å²) in [5.41, 5.74) is 4.94. The molecule has 0 aromatic heterocycles. The Bertz CT molecular complexity index is 198. The predicted molar refractivity (Wildman–Crippen MR) is 51.7 cm³/mol. The Kier molecular flexibility index (Phi) is 3.86. The van der Waals surface area contributed by atoms with Crippen molar-refractivity contribution in [3.63, 3.8) is 0 Å². The minimum atomic E-state index is -0.900. The fraction of sp³-hybridized carbons (Fsp3) is 0.889. The number of rotatable bonds is 4. The standard InChI is InChI=1S/C9H18N2O3/c1-2-7(5-12)11-8(13)9(10)3-4-14-6-9/h7,12H,2-6,10H2,1H3,(H,11,13)/t7-,9?/m0/s1. The normalized spacial score (nSPS) is 28.8. The molecule has 5 nitrogen and oxygen atoms in total. The highest BCUT2D eigenvalue weighted by Gasteiger charge is 2.38. The summed E-state index contributed by atoms with van der Waals surface area (Å²) >= 11 is 0. The average molecular weight is 202 g/mol. The Labute approximate surface area is 83.6 Å². The minimum Gasteiger partial charge on any atom is -0.394 e. The van der Waals surface area contributed by atoms with Crippen LogP contribution in [0.5, 0.6) is 0 Å². The van der Waals surface area contributed by atoms with Gasteiger partial charge in [-0.15, -0.1) is 0 Å². The van der Waals surface area contributed by atoms with Crippen molar-refractivity contribution < 1.29 is 14.6 Å². The van der Waals surface area contributed by atoms with Gasteiger partial charge in [-0.05, 0) is 12.8 Å². The molecule has 5 heteroatoms. The molecule has 0 bridgehead atoms. The molecule has 14 heavy (non-hydrogen) atoms. The molecule has 0 radical (unpaired) electrons.